The highest BCUT2D eigenvalue weighted by molar-refractivity contribution is 7.92. The van der Waals surface area contributed by atoms with Gasteiger partial charge in [0.1, 0.15) is 16.8 Å². The van der Waals surface area contributed by atoms with E-state index in [0.717, 1.165) is 0 Å². The highest BCUT2D eigenvalue weighted by atomic mass is 32.2. The van der Waals surface area contributed by atoms with Crippen LogP contribution in [0.3, 0.4) is 0 Å². The number of halogens is 3. The molecule has 0 saturated carbocycles. The number of benzene rings is 2. The fourth-order valence-electron chi connectivity index (χ4n) is 2.63. The molecule has 1 amide bonds. The fourth-order valence-corrected chi connectivity index (χ4v) is 4.04. The van der Waals surface area contributed by atoms with Crippen molar-refractivity contribution in [3.63, 3.8) is 0 Å². The first kappa shape index (κ1) is 21.7. The maximum Gasteiger partial charge on any atom is 0.387 e. The molecule has 2 aromatic rings. The molecular weight excluding hydrogens is 395 g/mol. The van der Waals surface area contributed by atoms with E-state index in [0.29, 0.717) is 5.56 Å². The first-order valence-electron chi connectivity index (χ1n) is 8.34. The minimum Gasteiger partial charge on any atom is -0.435 e. The molecule has 9 heteroatoms. The minimum atomic E-state index is -4.01. The number of hydrogen-bond acceptors (Lipinski definition) is 4. The van der Waals surface area contributed by atoms with Crippen LogP contribution < -0.4 is 4.74 Å². The van der Waals surface area contributed by atoms with Crippen LogP contribution in [0.1, 0.15) is 18.1 Å². The molecule has 2 aromatic carbocycles. The predicted molar refractivity (Wildman–Crippen MR) is 98.0 cm³/mol. The van der Waals surface area contributed by atoms with Crippen LogP contribution in [0.2, 0.25) is 0 Å². The van der Waals surface area contributed by atoms with Gasteiger partial charge in [0.05, 0.1) is 5.75 Å². The van der Waals surface area contributed by atoms with Crippen LogP contribution in [-0.2, 0) is 26.9 Å². The molecule has 0 N–H and O–H groups in total. The first-order chi connectivity index (χ1) is 13.1. The average molecular weight is 415 g/mol. The standard InChI is InChI=1S/C19H20F3NO4S/c1-13(18(24)23(2)11-14-6-5-8-16(20)10-14)28(25,26)12-15-7-3-4-9-17(15)27-19(21)22/h3-10,13,19H,11-12H2,1-2H3. The predicted octanol–water partition coefficient (Wildman–Crippen LogP) is 3.39. The Morgan fingerprint density at radius 3 is 2.46 bits per heavy atom. The van der Waals surface area contributed by atoms with Gasteiger partial charge in [0.25, 0.3) is 0 Å². The summed E-state index contributed by atoms with van der Waals surface area (Å²) < 4.78 is 67.9. The van der Waals surface area contributed by atoms with Gasteiger partial charge in [-0.15, -0.1) is 0 Å². The molecule has 1 atom stereocenters. The molecule has 0 aliphatic rings. The summed E-state index contributed by atoms with van der Waals surface area (Å²) in [5, 5.41) is -1.41. The van der Waals surface area contributed by atoms with Gasteiger partial charge in [-0.05, 0) is 30.7 Å². The number of nitrogens with zero attached hydrogens (tertiary/aromatic N) is 1. The molecule has 2 rings (SSSR count). The summed E-state index contributed by atoms with van der Waals surface area (Å²) in [6.45, 7) is -1.84. The summed E-state index contributed by atoms with van der Waals surface area (Å²) in [7, 11) is -2.60. The van der Waals surface area contributed by atoms with Gasteiger partial charge in [0.2, 0.25) is 5.91 Å². The third-order valence-corrected chi connectivity index (χ3v) is 6.11. The van der Waals surface area contributed by atoms with Gasteiger partial charge in [0, 0.05) is 19.2 Å². The van der Waals surface area contributed by atoms with Gasteiger partial charge in [-0.2, -0.15) is 8.78 Å². The number of amides is 1. The topological polar surface area (TPSA) is 63.7 Å². The molecule has 1 unspecified atom stereocenters. The maximum absolute atomic E-state index is 13.3. The van der Waals surface area contributed by atoms with Gasteiger partial charge in [-0.3, -0.25) is 4.79 Å². The quantitative estimate of drug-likeness (QED) is 0.663. The van der Waals surface area contributed by atoms with Crippen molar-refractivity contribution in [3.05, 3.63) is 65.5 Å². The van der Waals surface area contributed by atoms with Crippen LogP contribution >= 0.6 is 0 Å². The zero-order chi connectivity index (χ0) is 20.9. The smallest absolute Gasteiger partial charge is 0.387 e. The molecule has 0 saturated heterocycles. The number of hydrogen-bond donors (Lipinski definition) is 0. The third kappa shape index (κ3) is 5.72. The van der Waals surface area contributed by atoms with Gasteiger partial charge < -0.3 is 9.64 Å². The monoisotopic (exact) mass is 415 g/mol. The number of carbonyl (C=O) groups excluding carboxylic acids is 1. The minimum absolute atomic E-state index is 0.0293. The molecule has 0 heterocycles. The average Bonchev–Trinajstić information content (AvgIpc) is 2.61. The Kier molecular flexibility index (Phi) is 7.06. The van der Waals surface area contributed by atoms with Gasteiger partial charge in [0.15, 0.2) is 9.84 Å². The number of carbonyl (C=O) groups is 1. The second-order valence-electron chi connectivity index (χ2n) is 6.26. The summed E-state index contributed by atoms with van der Waals surface area (Å²) in [4.78, 5) is 13.7. The van der Waals surface area contributed by atoms with Crippen LogP contribution in [0, 0.1) is 5.82 Å². The van der Waals surface area contributed by atoms with E-state index in [1.807, 2.05) is 0 Å². The molecule has 0 aliphatic heterocycles. The maximum atomic E-state index is 13.3. The molecule has 152 valence electrons. The summed E-state index contributed by atoms with van der Waals surface area (Å²) >= 11 is 0. The highest BCUT2D eigenvalue weighted by Gasteiger charge is 2.31. The van der Waals surface area contributed by atoms with Crippen molar-refractivity contribution in [2.75, 3.05) is 7.05 Å². The largest absolute Gasteiger partial charge is 0.435 e. The molecule has 0 aromatic heterocycles. The van der Waals surface area contributed by atoms with Crippen molar-refractivity contribution >= 4 is 15.7 Å². The zero-order valence-corrected chi connectivity index (χ0v) is 16.1. The summed E-state index contributed by atoms with van der Waals surface area (Å²) in [6, 6.07) is 11.1. The normalized spacial score (nSPS) is 12.6. The summed E-state index contributed by atoms with van der Waals surface area (Å²) in [5.41, 5.74) is 0.548. The first-order valence-corrected chi connectivity index (χ1v) is 10.1. The fraction of sp³-hybridized carbons (Fsp3) is 0.316. The van der Waals surface area contributed by atoms with Crippen molar-refractivity contribution in [2.24, 2.45) is 0 Å². The molecule has 0 radical (unpaired) electrons. The van der Waals surface area contributed by atoms with E-state index in [2.05, 4.69) is 4.74 Å². The van der Waals surface area contributed by atoms with Crippen molar-refractivity contribution < 1.29 is 31.1 Å². The van der Waals surface area contributed by atoms with E-state index in [9.17, 15) is 26.4 Å². The van der Waals surface area contributed by atoms with E-state index in [-0.39, 0.29) is 17.9 Å². The summed E-state index contributed by atoms with van der Waals surface area (Å²) in [5.74, 6) is -2.03. The van der Waals surface area contributed by atoms with Crippen LogP contribution in [-0.4, -0.2) is 38.1 Å². The van der Waals surface area contributed by atoms with Crippen LogP contribution in [0.25, 0.3) is 0 Å². The SMILES string of the molecule is CC(C(=O)N(C)Cc1cccc(F)c1)S(=O)(=O)Cc1ccccc1OC(F)F. The van der Waals surface area contributed by atoms with Gasteiger partial charge in [-0.1, -0.05) is 30.3 Å². The van der Waals surface area contributed by atoms with Crippen molar-refractivity contribution in [2.45, 2.75) is 31.1 Å². The van der Waals surface area contributed by atoms with Crippen molar-refractivity contribution in [1.82, 2.24) is 4.90 Å². The lowest BCUT2D eigenvalue weighted by Crippen LogP contribution is -2.39. The number of ether oxygens (including phenoxy) is 1. The Morgan fingerprint density at radius 1 is 1.14 bits per heavy atom. The van der Waals surface area contributed by atoms with E-state index >= 15 is 0 Å². The van der Waals surface area contributed by atoms with Crippen LogP contribution in [0.4, 0.5) is 13.2 Å². The molecule has 28 heavy (non-hydrogen) atoms. The van der Waals surface area contributed by atoms with E-state index in [1.165, 1.54) is 61.3 Å². The second-order valence-corrected chi connectivity index (χ2v) is 8.58. The molecule has 0 aliphatic carbocycles. The Labute approximate surface area is 161 Å². The Balaban J connectivity index is 2.13. The third-order valence-electron chi connectivity index (χ3n) is 4.12. The van der Waals surface area contributed by atoms with Gasteiger partial charge >= 0.3 is 6.61 Å². The van der Waals surface area contributed by atoms with E-state index in [1.54, 1.807) is 6.07 Å². The second kappa shape index (κ2) is 9.09. The number of alkyl halides is 2. The highest BCUT2D eigenvalue weighted by Crippen LogP contribution is 2.24. The van der Waals surface area contributed by atoms with Crippen LogP contribution in [0.15, 0.2) is 48.5 Å². The number of rotatable bonds is 8. The number of para-hydroxylation sites is 1. The summed E-state index contributed by atoms with van der Waals surface area (Å²) in [6.07, 6.45) is 0. The van der Waals surface area contributed by atoms with E-state index in [4.69, 9.17) is 0 Å². The Hall–Kier alpha value is -2.55. The van der Waals surface area contributed by atoms with Gasteiger partial charge in [-0.25, -0.2) is 12.8 Å². The molecule has 0 fully saturated rings. The molecule has 0 spiro atoms. The van der Waals surface area contributed by atoms with Crippen molar-refractivity contribution in [3.8, 4) is 5.75 Å². The van der Waals surface area contributed by atoms with Crippen molar-refractivity contribution in [1.29, 1.82) is 0 Å². The molecule has 5 nitrogen and oxygen atoms in total. The number of sulfone groups is 1. The lowest BCUT2D eigenvalue weighted by Gasteiger charge is -2.22. The Bertz CT molecular complexity index is 934. The lowest BCUT2D eigenvalue weighted by molar-refractivity contribution is -0.129. The lowest BCUT2D eigenvalue weighted by atomic mass is 10.2. The van der Waals surface area contributed by atoms with E-state index < -0.39 is 39.2 Å². The Morgan fingerprint density at radius 2 is 1.82 bits per heavy atom. The molecule has 0 bridgehead atoms. The zero-order valence-electron chi connectivity index (χ0n) is 15.3. The molecular formula is C19H20F3NO4S. The van der Waals surface area contributed by atoms with Crippen LogP contribution in [0.5, 0.6) is 5.75 Å².